The Hall–Kier alpha value is -0.170. The van der Waals surface area contributed by atoms with Crippen LogP contribution in [-0.4, -0.2) is 10.2 Å². The van der Waals surface area contributed by atoms with Gasteiger partial charge in [-0.1, -0.05) is 0 Å². The molecule has 2 heterocycles. The van der Waals surface area contributed by atoms with Crippen LogP contribution in [0.5, 0.6) is 0 Å². The van der Waals surface area contributed by atoms with E-state index in [0.717, 1.165) is 27.0 Å². The summed E-state index contributed by atoms with van der Waals surface area (Å²) in [6.07, 6.45) is 1.76. The van der Waals surface area contributed by atoms with Crippen LogP contribution < -0.4 is 5.32 Å². The fraction of sp³-hybridized carbons (Fsp3) is 0.222. The van der Waals surface area contributed by atoms with Gasteiger partial charge in [0.2, 0.25) is 0 Å². The number of rotatable bonds is 4. The molecule has 6 heteroatoms. The first-order chi connectivity index (χ1) is 7.25. The van der Waals surface area contributed by atoms with Gasteiger partial charge >= 0.3 is 0 Å². The Balaban J connectivity index is 1.83. The van der Waals surface area contributed by atoms with Gasteiger partial charge in [-0.3, -0.25) is 5.10 Å². The van der Waals surface area contributed by atoms with Crippen molar-refractivity contribution in [2.75, 3.05) is 0 Å². The Morgan fingerprint density at radius 2 is 2.27 bits per heavy atom. The second kappa shape index (κ2) is 5.25. The topological polar surface area (TPSA) is 40.7 Å². The molecule has 0 aromatic carbocycles. The van der Waals surface area contributed by atoms with Crippen molar-refractivity contribution in [2.45, 2.75) is 13.1 Å². The zero-order valence-corrected chi connectivity index (χ0v) is 11.7. The molecule has 0 saturated carbocycles. The zero-order valence-electron chi connectivity index (χ0n) is 7.76. The van der Waals surface area contributed by atoms with Gasteiger partial charge in [-0.2, -0.15) is 5.10 Å². The molecule has 0 atom stereocenters. The van der Waals surface area contributed by atoms with E-state index in [1.807, 2.05) is 6.07 Å². The summed E-state index contributed by atoms with van der Waals surface area (Å²) >= 11 is 8.67. The molecule has 0 aliphatic carbocycles. The van der Waals surface area contributed by atoms with Gasteiger partial charge < -0.3 is 5.32 Å². The lowest BCUT2D eigenvalue weighted by Gasteiger charge is -1.99. The van der Waals surface area contributed by atoms with Gasteiger partial charge in [-0.05, 0) is 44.0 Å². The van der Waals surface area contributed by atoms with E-state index in [2.05, 4.69) is 53.4 Å². The van der Waals surface area contributed by atoms with Gasteiger partial charge in [0.1, 0.15) is 0 Å². The standard InChI is InChI=1S/C9H9Br2N3S/c10-8-3-7(15-9(8)11)5-12-4-6-1-2-13-14-6/h1-3,12H,4-5H2,(H,13,14). The lowest BCUT2D eigenvalue weighted by Crippen LogP contribution is -2.11. The largest absolute Gasteiger partial charge is 0.306 e. The highest BCUT2D eigenvalue weighted by atomic mass is 79.9. The smallest absolute Gasteiger partial charge is 0.0843 e. The number of nitrogens with one attached hydrogen (secondary N) is 2. The Kier molecular flexibility index (Phi) is 3.96. The summed E-state index contributed by atoms with van der Waals surface area (Å²) in [7, 11) is 0. The molecule has 0 spiro atoms. The van der Waals surface area contributed by atoms with E-state index >= 15 is 0 Å². The second-order valence-electron chi connectivity index (χ2n) is 3.02. The van der Waals surface area contributed by atoms with Crippen molar-refractivity contribution in [3.05, 3.63) is 37.2 Å². The Bertz CT molecular complexity index is 405. The number of hydrogen-bond acceptors (Lipinski definition) is 3. The first kappa shape index (κ1) is 11.3. The number of H-pyrrole nitrogens is 1. The van der Waals surface area contributed by atoms with E-state index in [-0.39, 0.29) is 0 Å². The third-order valence-electron chi connectivity index (χ3n) is 1.87. The molecule has 0 aliphatic rings. The summed E-state index contributed by atoms with van der Waals surface area (Å²) in [5, 5.41) is 10.1. The van der Waals surface area contributed by atoms with Crippen LogP contribution in [0.15, 0.2) is 26.6 Å². The van der Waals surface area contributed by atoms with Crippen LogP contribution in [-0.2, 0) is 13.1 Å². The molecular formula is C9H9Br2N3S. The van der Waals surface area contributed by atoms with Gasteiger partial charge in [0.25, 0.3) is 0 Å². The van der Waals surface area contributed by atoms with Gasteiger partial charge in [-0.15, -0.1) is 11.3 Å². The first-order valence-electron chi connectivity index (χ1n) is 4.38. The SMILES string of the molecule is Brc1cc(CNCc2ccn[nH]2)sc1Br. The van der Waals surface area contributed by atoms with Crippen molar-refractivity contribution in [1.82, 2.24) is 15.5 Å². The highest BCUT2D eigenvalue weighted by molar-refractivity contribution is 9.13. The molecule has 0 saturated heterocycles. The first-order valence-corrected chi connectivity index (χ1v) is 6.78. The molecule has 0 fully saturated rings. The van der Waals surface area contributed by atoms with E-state index in [1.54, 1.807) is 17.5 Å². The number of halogens is 2. The second-order valence-corrected chi connectivity index (χ2v) is 6.33. The lowest BCUT2D eigenvalue weighted by molar-refractivity contribution is 0.684. The molecule has 80 valence electrons. The van der Waals surface area contributed by atoms with E-state index in [4.69, 9.17) is 0 Å². The molecule has 2 aromatic heterocycles. The molecule has 2 aromatic rings. The quantitative estimate of drug-likeness (QED) is 0.888. The van der Waals surface area contributed by atoms with Crippen LogP contribution in [0.2, 0.25) is 0 Å². The predicted octanol–water partition coefficient (Wildman–Crippen LogP) is 3.29. The van der Waals surface area contributed by atoms with Gasteiger partial charge in [0.15, 0.2) is 0 Å². The molecule has 0 bridgehead atoms. The maximum Gasteiger partial charge on any atom is 0.0843 e. The van der Waals surface area contributed by atoms with E-state index in [9.17, 15) is 0 Å². The highest BCUT2D eigenvalue weighted by Crippen LogP contribution is 2.32. The summed E-state index contributed by atoms with van der Waals surface area (Å²) in [5.74, 6) is 0. The molecule has 2 N–H and O–H groups in total. The van der Waals surface area contributed by atoms with E-state index < -0.39 is 0 Å². The molecular weight excluding hydrogens is 342 g/mol. The molecule has 0 unspecified atom stereocenters. The van der Waals surface area contributed by atoms with Gasteiger partial charge in [-0.25, -0.2) is 0 Å². The molecule has 2 rings (SSSR count). The van der Waals surface area contributed by atoms with Crippen LogP contribution >= 0.6 is 43.2 Å². The minimum atomic E-state index is 0.813. The minimum Gasteiger partial charge on any atom is -0.306 e. The number of hydrogen-bond donors (Lipinski definition) is 2. The Labute approximate surface area is 109 Å². The van der Waals surface area contributed by atoms with Crippen LogP contribution in [0.25, 0.3) is 0 Å². The third-order valence-corrected chi connectivity index (χ3v) is 5.13. The van der Waals surface area contributed by atoms with Crippen molar-refractivity contribution in [3.8, 4) is 0 Å². The van der Waals surface area contributed by atoms with Crippen molar-refractivity contribution < 1.29 is 0 Å². The number of nitrogens with zero attached hydrogens (tertiary/aromatic N) is 1. The molecule has 0 radical (unpaired) electrons. The van der Waals surface area contributed by atoms with E-state index in [0.29, 0.717) is 0 Å². The third kappa shape index (κ3) is 3.14. The highest BCUT2D eigenvalue weighted by Gasteiger charge is 2.03. The fourth-order valence-corrected chi connectivity index (χ4v) is 3.33. The zero-order chi connectivity index (χ0) is 10.7. The van der Waals surface area contributed by atoms with Crippen LogP contribution in [0, 0.1) is 0 Å². The molecule has 3 nitrogen and oxygen atoms in total. The van der Waals surface area contributed by atoms with Crippen LogP contribution in [0.3, 0.4) is 0 Å². The average molecular weight is 351 g/mol. The monoisotopic (exact) mass is 349 g/mol. The summed E-state index contributed by atoms with van der Waals surface area (Å²) in [6.45, 7) is 1.68. The maximum absolute atomic E-state index is 3.89. The normalized spacial score (nSPS) is 10.8. The molecule has 0 aliphatic heterocycles. The molecule has 15 heavy (non-hydrogen) atoms. The summed E-state index contributed by atoms with van der Waals surface area (Å²) < 4.78 is 2.26. The Morgan fingerprint density at radius 3 is 2.87 bits per heavy atom. The number of aromatic nitrogens is 2. The van der Waals surface area contributed by atoms with Crippen LogP contribution in [0.4, 0.5) is 0 Å². The van der Waals surface area contributed by atoms with Crippen molar-refractivity contribution in [2.24, 2.45) is 0 Å². The van der Waals surface area contributed by atoms with Crippen molar-refractivity contribution >= 4 is 43.2 Å². The fourth-order valence-electron chi connectivity index (χ4n) is 1.18. The van der Waals surface area contributed by atoms with E-state index in [1.165, 1.54) is 4.88 Å². The van der Waals surface area contributed by atoms with Crippen molar-refractivity contribution in [1.29, 1.82) is 0 Å². The summed E-state index contributed by atoms with van der Waals surface area (Å²) in [5.41, 5.74) is 1.10. The van der Waals surface area contributed by atoms with Gasteiger partial charge in [0.05, 0.1) is 3.79 Å². The predicted molar refractivity (Wildman–Crippen MR) is 68.9 cm³/mol. The molecule has 0 amide bonds. The van der Waals surface area contributed by atoms with Crippen molar-refractivity contribution in [3.63, 3.8) is 0 Å². The maximum atomic E-state index is 3.89. The number of thiophene rings is 1. The lowest BCUT2D eigenvalue weighted by atomic mass is 10.4. The average Bonchev–Trinajstić information content (AvgIpc) is 2.79. The Morgan fingerprint density at radius 1 is 1.40 bits per heavy atom. The summed E-state index contributed by atoms with van der Waals surface area (Å²) in [6, 6.07) is 4.09. The minimum absolute atomic E-state index is 0.813. The summed E-state index contributed by atoms with van der Waals surface area (Å²) in [4.78, 5) is 1.30. The van der Waals surface area contributed by atoms with Gasteiger partial charge in [0, 0.05) is 34.3 Å². The van der Waals surface area contributed by atoms with Crippen LogP contribution in [0.1, 0.15) is 10.6 Å². The number of aromatic amines is 1.